The molecule has 1 aliphatic heterocycles. The highest BCUT2D eigenvalue weighted by Gasteiger charge is 2.30. The van der Waals surface area contributed by atoms with E-state index in [9.17, 15) is 0 Å². The molecule has 0 amide bonds. The zero-order valence-corrected chi connectivity index (χ0v) is 14.2. The van der Waals surface area contributed by atoms with Crippen LogP contribution in [0.25, 0.3) is 0 Å². The fraction of sp³-hybridized carbons (Fsp3) is 0.722. The summed E-state index contributed by atoms with van der Waals surface area (Å²) < 4.78 is 0. The Morgan fingerprint density at radius 3 is 2.71 bits per heavy atom. The van der Waals surface area contributed by atoms with Crippen LogP contribution < -0.4 is 10.2 Å². The molecule has 1 aromatic rings. The van der Waals surface area contributed by atoms with Crippen molar-refractivity contribution in [2.45, 2.75) is 78.4 Å². The molecule has 21 heavy (non-hydrogen) atoms. The summed E-state index contributed by atoms with van der Waals surface area (Å²) in [6.07, 6.45) is 6.04. The van der Waals surface area contributed by atoms with Gasteiger partial charge in [-0.1, -0.05) is 27.2 Å². The van der Waals surface area contributed by atoms with Gasteiger partial charge in [-0.3, -0.25) is 0 Å². The Balaban J connectivity index is 2.29. The standard InChI is InChI=1S/C18H31N3/c1-5-8-16-11-15(13-19-7-3)12-18(20-16)21-14(4)9-10-17(21)6-2/h11-12,14,17,19H,5-10,13H2,1-4H3. The first-order valence-electron chi connectivity index (χ1n) is 8.68. The molecular formula is C18H31N3. The Labute approximate surface area is 130 Å². The van der Waals surface area contributed by atoms with E-state index >= 15 is 0 Å². The lowest BCUT2D eigenvalue weighted by Gasteiger charge is -2.30. The number of anilines is 1. The fourth-order valence-electron chi connectivity index (χ4n) is 3.41. The van der Waals surface area contributed by atoms with E-state index in [4.69, 9.17) is 4.98 Å². The maximum absolute atomic E-state index is 4.96. The molecule has 2 unspecified atom stereocenters. The van der Waals surface area contributed by atoms with Crippen molar-refractivity contribution < 1.29 is 0 Å². The van der Waals surface area contributed by atoms with Gasteiger partial charge < -0.3 is 10.2 Å². The van der Waals surface area contributed by atoms with E-state index in [2.05, 4.69) is 50.0 Å². The van der Waals surface area contributed by atoms with Crippen molar-refractivity contribution in [1.82, 2.24) is 10.3 Å². The lowest BCUT2D eigenvalue weighted by atomic mass is 10.1. The average Bonchev–Trinajstić information content (AvgIpc) is 2.86. The predicted octanol–water partition coefficient (Wildman–Crippen LogP) is 3.91. The highest BCUT2D eigenvalue weighted by atomic mass is 15.3. The first-order chi connectivity index (χ1) is 10.2. The van der Waals surface area contributed by atoms with Crippen LogP contribution in [0.4, 0.5) is 5.82 Å². The Bertz CT molecular complexity index is 444. The largest absolute Gasteiger partial charge is 0.351 e. The topological polar surface area (TPSA) is 28.2 Å². The van der Waals surface area contributed by atoms with Gasteiger partial charge in [-0.05, 0) is 56.8 Å². The van der Waals surface area contributed by atoms with Gasteiger partial charge in [-0.15, -0.1) is 0 Å². The molecule has 1 N–H and O–H groups in total. The summed E-state index contributed by atoms with van der Waals surface area (Å²) in [5.74, 6) is 1.20. The second kappa shape index (κ2) is 7.79. The van der Waals surface area contributed by atoms with Gasteiger partial charge >= 0.3 is 0 Å². The van der Waals surface area contributed by atoms with Crippen molar-refractivity contribution in [1.29, 1.82) is 0 Å². The van der Waals surface area contributed by atoms with Crippen molar-refractivity contribution >= 4 is 5.82 Å². The number of rotatable bonds is 7. The van der Waals surface area contributed by atoms with E-state index in [0.717, 1.165) is 25.9 Å². The van der Waals surface area contributed by atoms with Crippen LogP contribution in [0, 0.1) is 0 Å². The molecular weight excluding hydrogens is 258 g/mol. The molecule has 0 aliphatic carbocycles. The normalized spacial score (nSPS) is 22.0. The number of nitrogens with one attached hydrogen (secondary N) is 1. The van der Waals surface area contributed by atoms with E-state index in [1.165, 1.54) is 36.3 Å². The van der Waals surface area contributed by atoms with Crippen LogP contribution in [0.5, 0.6) is 0 Å². The molecule has 2 atom stereocenters. The third-order valence-corrected chi connectivity index (χ3v) is 4.53. The summed E-state index contributed by atoms with van der Waals surface area (Å²) >= 11 is 0. The Kier molecular flexibility index (Phi) is 6.04. The minimum absolute atomic E-state index is 0.617. The Morgan fingerprint density at radius 2 is 2.05 bits per heavy atom. The second-order valence-electron chi connectivity index (χ2n) is 6.25. The third kappa shape index (κ3) is 3.97. The molecule has 1 fully saturated rings. The highest BCUT2D eigenvalue weighted by molar-refractivity contribution is 5.46. The van der Waals surface area contributed by atoms with Crippen molar-refractivity contribution in [2.75, 3.05) is 11.4 Å². The van der Waals surface area contributed by atoms with Crippen LogP contribution in [0.1, 0.15) is 64.6 Å². The number of aryl methyl sites for hydroxylation is 1. The summed E-state index contributed by atoms with van der Waals surface area (Å²) in [5, 5.41) is 3.44. The van der Waals surface area contributed by atoms with E-state index in [1.807, 2.05) is 0 Å². The van der Waals surface area contributed by atoms with Crippen LogP contribution >= 0.6 is 0 Å². The van der Waals surface area contributed by atoms with Gasteiger partial charge in [0.2, 0.25) is 0 Å². The number of pyridine rings is 1. The number of nitrogens with zero attached hydrogens (tertiary/aromatic N) is 2. The number of aromatic nitrogens is 1. The fourth-order valence-corrected chi connectivity index (χ4v) is 3.41. The number of hydrogen-bond donors (Lipinski definition) is 1. The molecule has 3 nitrogen and oxygen atoms in total. The van der Waals surface area contributed by atoms with Crippen LogP contribution in [0.2, 0.25) is 0 Å². The quantitative estimate of drug-likeness (QED) is 0.825. The van der Waals surface area contributed by atoms with Gasteiger partial charge in [0.25, 0.3) is 0 Å². The van der Waals surface area contributed by atoms with Crippen molar-refractivity contribution in [3.05, 3.63) is 23.4 Å². The van der Waals surface area contributed by atoms with Crippen LogP contribution in [0.3, 0.4) is 0 Å². The van der Waals surface area contributed by atoms with Crippen molar-refractivity contribution in [3.63, 3.8) is 0 Å². The molecule has 0 aromatic carbocycles. The zero-order chi connectivity index (χ0) is 15.2. The van der Waals surface area contributed by atoms with Crippen molar-refractivity contribution in [2.24, 2.45) is 0 Å². The van der Waals surface area contributed by atoms with E-state index in [1.54, 1.807) is 0 Å². The first-order valence-corrected chi connectivity index (χ1v) is 8.68. The molecule has 1 saturated heterocycles. The first kappa shape index (κ1) is 16.3. The molecule has 0 radical (unpaired) electrons. The molecule has 0 bridgehead atoms. The molecule has 1 aromatic heterocycles. The smallest absolute Gasteiger partial charge is 0.129 e. The Morgan fingerprint density at radius 1 is 1.24 bits per heavy atom. The third-order valence-electron chi connectivity index (χ3n) is 4.53. The molecule has 118 valence electrons. The lowest BCUT2D eigenvalue weighted by molar-refractivity contribution is 0.618. The molecule has 0 spiro atoms. The van der Waals surface area contributed by atoms with E-state index < -0.39 is 0 Å². The maximum Gasteiger partial charge on any atom is 0.129 e. The van der Waals surface area contributed by atoms with Gasteiger partial charge in [0.15, 0.2) is 0 Å². The average molecular weight is 289 g/mol. The molecule has 0 saturated carbocycles. The minimum Gasteiger partial charge on any atom is -0.351 e. The molecule has 2 rings (SSSR count). The molecule has 2 heterocycles. The maximum atomic E-state index is 4.96. The number of hydrogen-bond acceptors (Lipinski definition) is 3. The summed E-state index contributed by atoms with van der Waals surface area (Å²) in [4.78, 5) is 7.52. The minimum atomic E-state index is 0.617. The van der Waals surface area contributed by atoms with E-state index in [0.29, 0.717) is 12.1 Å². The highest BCUT2D eigenvalue weighted by Crippen LogP contribution is 2.31. The monoisotopic (exact) mass is 289 g/mol. The summed E-state index contributed by atoms with van der Waals surface area (Å²) in [7, 11) is 0. The van der Waals surface area contributed by atoms with Gasteiger partial charge in [0, 0.05) is 24.3 Å². The van der Waals surface area contributed by atoms with Crippen LogP contribution in [0.15, 0.2) is 12.1 Å². The Hall–Kier alpha value is -1.09. The lowest BCUT2D eigenvalue weighted by Crippen LogP contribution is -2.35. The van der Waals surface area contributed by atoms with Crippen LogP contribution in [-0.4, -0.2) is 23.6 Å². The zero-order valence-electron chi connectivity index (χ0n) is 14.2. The van der Waals surface area contributed by atoms with Gasteiger partial charge in [0.05, 0.1) is 0 Å². The van der Waals surface area contributed by atoms with Crippen molar-refractivity contribution in [3.8, 4) is 0 Å². The summed E-state index contributed by atoms with van der Waals surface area (Å²) in [6.45, 7) is 11.0. The van der Waals surface area contributed by atoms with Gasteiger partial charge in [-0.25, -0.2) is 4.98 Å². The van der Waals surface area contributed by atoms with E-state index in [-0.39, 0.29) is 0 Å². The molecule has 1 aliphatic rings. The second-order valence-corrected chi connectivity index (χ2v) is 6.25. The van der Waals surface area contributed by atoms with Gasteiger partial charge in [-0.2, -0.15) is 0 Å². The molecule has 3 heteroatoms. The summed E-state index contributed by atoms with van der Waals surface area (Å²) in [5.41, 5.74) is 2.62. The predicted molar refractivity (Wildman–Crippen MR) is 90.9 cm³/mol. The van der Waals surface area contributed by atoms with Gasteiger partial charge in [0.1, 0.15) is 5.82 Å². The SMILES string of the molecule is CCCc1cc(CNCC)cc(N2C(C)CCC2CC)n1. The summed E-state index contributed by atoms with van der Waals surface area (Å²) in [6, 6.07) is 5.85. The van der Waals surface area contributed by atoms with Crippen LogP contribution in [-0.2, 0) is 13.0 Å².